The molecular formula is C15H23N3O3. The molecule has 0 aliphatic heterocycles. The summed E-state index contributed by atoms with van der Waals surface area (Å²) >= 11 is 0. The number of ether oxygens (including phenoxy) is 2. The van der Waals surface area contributed by atoms with Crippen molar-refractivity contribution >= 4 is 11.6 Å². The maximum absolute atomic E-state index is 9.73. The number of guanidine groups is 1. The molecule has 0 radical (unpaired) electrons. The van der Waals surface area contributed by atoms with Crippen molar-refractivity contribution in [3.8, 4) is 11.5 Å². The van der Waals surface area contributed by atoms with Crippen LogP contribution in [0.15, 0.2) is 23.2 Å². The Hall–Kier alpha value is -1.95. The van der Waals surface area contributed by atoms with Gasteiger partial charge >= 0.3 is 0 Å². The summed E-state index contributed by atoms with van der Waals surface area (Å²) in [6, 6.07) is 5.41. The standard InChI is InChI=1S/C15H23N3O3/c1-15(2)12(8-13(15)19)18-14(16)17-10-7-9(20-3)5-6-11(10)21-4/h5-7,12-13,19H,8H2,1-4H3,(H3,16,17,18). The summed E-state index contributed by atoms with van der Waals surface area (Å²) in [5.41, 5.74) is 6.40. The van der Waals surface area contributed by atoms with E-state index in [0.29, 0.717) is 29.6 Å². The van der Waals surface area contributed by atoms with E-state index in [2.05, 4.69) is 10.3 Å². The first-order valence-corrected chi connectivity index (χ1v) is 6.89. The molecular weight excluding hydrogens is 270 g/mol. The van der Waals surface area contributed by atoms with E-state index in [1.807, 2.05) is 19.9 Å². The Bertz CT molecular complexity index is 543. The van der Waals surface area contributed by atoms with Gasteiger partial charge in [0.2, 0.25) is 0 Å². The Kier molecular flexibility index (Phi) is 4.27. The minimum absolute atomic E-state index is 0.0107. The predicted octanol–water partition coefficient (Wildman–Crippen LogP) is 1.59. The van der Waals surface area contributed by atoms with E-state index in [0.717, 1.165) is 0 Å². The Labute approximate surface area is 125 Å². The third-order valence-corrected chi connectivity index (χ3v) is 4.13. The number of nitrogens with one attached hydrogen (secondary N) is 1. The van der Waals surface area contributed by atoms with Crippen molar-refractivity contribution in [1.82, 2.24) is 0 Å². The van der Waals surface area contributed by atoms with E-state index in [1.165, 1.54) is 0 Å². The van der Waals surface area contributed by atoms with Gasteiger partial charge in [0.25, 0.3) is 0 Å². The number of hydrogen-bond acceptors (Lipinski definition) is 4. The molecule has 6 heteroatoms. The van der Waals surface area contributed by atoms with Gasteiger partial charge < -0.3 is 25.6 Å². The molecule has 1 aliphatic rings. The fourth-order valence-corrected chi connectivity index (χ4v) is 2.35. The molecule has 2 unspecified atom stereocenters. The molecule has 0 heterocycles. The van der Waals surface area contributed by atoms with Gasteiger partial charge in [0.1, 0.15) is 11.5 Å². The molecule has 21 heavy (non-hydrogen) atoms. The van der Waals surface area contributed by atoms with Gasteiger partial charge in [-0.05, 0) is 18.6 Å². The second-order valence-corrected chi connectivity index (χ2v) is 5.79. The van der Waals surface area contributed by atoms with Crippen molar-refractivity contribution < 1.29 is 14.6 Å². The summed E-state index contributed by atoms with van der Waals surface area (Å²) in [4.78, 5) is 4.44. The van der Waals surface area contributed by atoms with Crippen LogP contribution in [0.4, 0.5) is 5.69 Å². The molecule has 1 aromatic carbocycles. The first-order valence-electron chi connectivity index (χ1n) is 6.89. The van der Waals surface area contributed by atoms with Crippen LogP contribution in [0.5, 0.6) is 11.5 Å². The van der Waals surface area contributed by atoms with Crippen LogP contribution in [0.3, 0.4) is 0 Å². The maximum atomic E-state index is 9.73. The number of rotatable bonds is 4. The number of aliphatic hydroxyl groups excluding tert-OH is 1. The lowest BCUT2D eigenvalue weighted by molar-refractivity contribution is -0.0576. The first-order chi connectivity index (χ1) is 9.88. The Balaban J connectivity index is 2.14. The molecule has 6 nitrogen and oxygen atoms in total. The highest BCUT2D eigenvalue weighted by atomic mass is 16.5. The van der Waals surface area contributed by atoms with Crippen LogP contribution in [0.2, 0.25) is 0 Å². The topological polar surface area (TPSA) is 89.1 Å². The predicted molar refractivity (Wildman–Crippen MR) is 83.0 cm³/mol. The minimum atomic E-state index is -0.328. The zero-order chi connectivity index (χ0) is 15.6. The van der Waals surface area contributed by atoms with Crippen molar-refractivity contribution in [2.75, 3.05) is 19.5 Å². The average molecular weight is 293 g/mol. The average Bonchev–Trinajstić information content (AvgIpc) is 2.46. The third kappa shape index (κ3) is 3.05. The van der Waals surface area contributed by atoms with E-state index < -0.39 is 0 Å². The Morgan fingerprint density at radius 2 is 2.10 bits per heavy atom. The highest BCUT2D eigenvalue weighted by Gasteiger charge is 2.47. The number of nitrogens with two attached hydrogens (primary N) is 1. The van der Waals surface area contributed by atoms with E-state index >= 15 is 0 Å². The summed E-state index contributed by atoms with van der Waals surface area (Å²) in [7, 11) is 3.19. The molecule has 1 aromatic rings. The third-order valence-electron chi connectivity index (χ3n) is 4.13. The zero-order valence-electron chi connectivity index (χ0n) is 12.9. The van der Waals surface area contributed by atoms with Crippen LogP contribution in [-0.2, 0) is 0 Å². The van der Waals surface area contributed by atoms with Gasteiger partial charge in [-0.1, -0.05) is 13.8 Å². The summed E-state index contributed by atoms with van der Waals surface area (Å²) in [6.45, 7) is 3.96. The second-order valence-electron chi connectivity index (χ2n) is 5.79. The molecule has 0 saturated heterocycles. The molecule has 1 fully saturated rings. The summed E-state index contributed by atoms with van der Waals surface area (Å²) in [5.74, 6) is 1.65. The van der Waals surface area contributed by atoms with E-state index in [-0.39, 0.29) is 17.6 Å². The molecule has 4 N–H and O–H groups in total. The van der Waals surface area contributed by atoms with E-state index in [4.69, 9.17) is 15.2 Å². The quantitative estimate of drug-likeness (QED) is 0.579. The van der Waals surface area contributed by atoms with Crippen molar-refractivity contribution in [3.63, 3.8) is 0 Å². The van der Waals surface area contributed by atoms with Gasteiger partial charge in [0.05, 0.1) is 32.1 Å². The van der Waals surface area contributed by atoms with Crippen LogP contribution in [-0.4, -0.2) is 37.4 Å². The van der Waals surface area contributed by atoms with Gasteiger partial charge in [-0.3, -0.25) is 0 Å². The number of hydrogen-bond donors (Lipinski definition) is 3. The maximum Gasteiger partial charge on any atom is 0.193 e. The summed E-state index contributed by atoms with van der Waals surface area (Å²) in [6.07, 6.45) is 0.301. The lowest BCUT2D eigenvalue weighted by Crippen LogP contribution is -2.53. The molecule has 116 valence electrons. The number of anilines is 1. The SMILES string of the molecule is COc1ccc(OC)c(NC(N)=NC2CC(O)C2(C)C)c1. The molecule has 1 saturated carbocycles. The van der Waals surface area contributed by atoms with Crippen molar-refractivity contribution in [2.24, 2.45) is 16.1 Å². The fourth-order valence-electron chi connectivity index (χ4n) is 2.35. The molecule has 0 amide bonds. The van der Waals surface area contributed by atoms with Gasteiger partial charge in [-0.25, -0.2) is 4.99 Å². The molecule has 1 aliphatic carbocycles. The van der Waals surface area contributed by atoms with Gasteiger partial charge in [0.15, 0.2) is 5.96 Å². The summed E-state index contributed by atoms with van der Waals surface area (Å²) in [5, 5.41) is 12.8. The number of benzene rings is 1. The van der Waals surface area contributed by atoms with Crippen LogP contribution in [0.1, 0.15) is 20.3 Å². The lowest BCUT2D eigenvalue weighted by Gasteiger charge is -2.46. The van der Waals surface area contributed by atoms with Crippen LogP contribution < -0.4 is 20.5 Å². The number of methoxy groups -OCH3 is 2. The lowest BCUT2D eigenvalue weighted by atomic mass is 9.65. The zero-order valence-corrected chi connectivity index (χ0v) is 12.9. The van der Waals surface area contributed by atoms with E-state index in [9.17, 15) is 5.11 Å². The first kappa shape index (κ1) is 15.4. The van der Waals surface area contributed by atoms with Gasteiger partial charge in [0, 0.05) is 11.5 Å². The normalized spacial score (nSPS) is 24.1. The van der Waals surface area contributed by atoms with Gasteiger partial charge in [-0.2, -0.15) is 0 Å². The molecule has 2 atom stereocenters. The van der Waals surface area contributed by atoms with Crippen molar-refractivity contribution in [1.29, 1.82) is 0 Å². The number of nitrogens with zero attached hydrogens (tertiary/aromatic N) is 1. The highest BCUT2D eigenvalue weighted by molar-refractivity contribution is 5.94. The second kappa shape index (κ2) is 5.81. The molecule has 0 bridgehead atoms. The Morgan fingerprint density at radius 3 is 2.62 bits per heavy atom. The summed E-state index contributed by atoms with van der Waals surface area (Å²) < 4.78 is 10.5. The van der Waals surface area contributed by atoms with Crippen molar-refractivity contribution in [3.05, 3.63) is 18.2 Å². The van der Waals surface area contributed by atoms with E-state index in [1.54, 1.807) is 26.4 Å². The van der Waals surface area contributed by atoms with Gasteiger partial charge in [-0.15, -0.1) is 0 Å². The number of aliphatic imine (C=N–C) groups is 1. The smallest absolute Gasteiger partial charge is 0.193 e. The van der Waals surface area contributed by atoms with Crippen LogP contribution >= 0.6 is 0 Å². The minimum Gasteiger partial charge on any atom is -0.497 e. The molecule has 2 rings (SSSR count). The van der Waals surface area contributed by atoms with Crippen LogP contribution in [0, 0.1) is 5.41 Å². The molecule has 0 aromatic heterocycles. The fraction of sp³-hybridized carbons (Fsp3) is 0.533. The number of aliphatic hydroxyl groups is 1. The highest BCUT2D eigenvalue weighted by Crippen LogP contribution is 2.42. The van der Waals surface area contributed by atoms with Crippen LogP contribution in [0.25, 0.3) is 0 Å². The monoisotopic (exact) mass is 293 g/mol. The Morgan fingerprint density at radius 1 is 1.38 bits per heavy atom. The molecule has 0 spiro atoms. The largest absolute Gasteiger partial charge is 0.497 e. The van der Waals surface area contributed by atoms with Crippen molar-refractivity contribution in [2.45, 2.75) is 32.4 Å².